The summed E-state index contributed by atoms with van der Waals surface area (Å²) in [7, 11) is 0. The maximum atomic E-state index is 12.3. The number of alkyl carbamates (subject to hydrolysis) is 1. The van der Waals surface area contributed by atoms with Gasteiger partial charge < -0.3 is 14.8 Å². The van der Waals surface area contributed by atoms with Gasteiger partial charge in [0.05, 0.1) is 18.6 Å². The number of carbonyl (C=O) groups is 2. The highest BCUT2D eigenvalue weighted by Crippen LogP contribution is 2.41. The van der Waals surface area contributed by atoms with Gasteiger partial charge in [0, 0.05) is 0 Å². The van der Waals surface area contributed by atoms with E-state index in [0.29, 0.717) is 6.61 Å². The highest BCUT2D eigenvalue weighted by molar-refractivity contribution is 5.76. The molecule has 128 valence electrons. The normalized spacial score (nSPS) is 27.5. The van der Waals surface area contributed by atoms with Gasteiger partial charge in [-0.25, -0.2) is 4.79 Å². The quantitative estimate of drug-likeness (QED) is 0.666. The molecule has 1 aromatic carbocycles. The van der Waals surface area contributed by atoms with Crippen LogP contribution in [0.1, 0.15) is 25.3 Å². The Morgan fingerprint density at radius 3 is 2.46 bits per heavy atom. The van der Waals surface area contributed by atoms with E-state index in [1.165, 1.54) is 0 Å². The Morgan fingerprint density at radius 2 is 1.79 bits per heavy atom. The van der Waals surface area contributed by atoms with E-state index in [9.17, 15) is 9.59 Å². The first-order valence-electron chi connectivity index (χ1n) is 8.51. The Hall–Kier alpha value is -2.30. The average molecular weight is 329 g/mol. The summed E-state index contributed by atoms with van der Waals surface area (Å²) in [5.74, 6) is -0.259. The van der Waals surface area contributed by atoms with Gasteiger partial charge >= 0.3 is 12.1 Å². The third kappa shape index (κ3) is 3.61. The number of hydrogen-bond donors (Lipinski definition) is 1. The van der Waals surface area contributed by atoms with Crippen molar-refractivity contribution < 1.29 is 19.1 Å². The predicted octanol–water partition coefficient (Wildman–Crippen LogP) is 3.06. The maximum Gasteiger partial charge on any atom is 0.407 e. The molecule has 2 unspecified atom stereocenters. The fourth-order valence-corrected chi connectivity index (χ4v) is 3.65. The van der Waals surface area contributed by atoms with Gasteiger partial charge in [0.25, 0.3) is 0 Å². The monoisotopic (exact) mass is 329 g/mol. The SMILES string of the molecule is CCOC(=O)[C@H]1C2C=CC(CC2)[C@@H]1NC(=O)OCc1ccccc1. The Morgan fingerprint density at radius 1 is 1.08 bits per heavy atom. The van der Waals surface area contributed by atoms with Crippen molar-refractivity contribution in [2.24, 2.45) is 17.8 Å². The van der Waals surface area contributed by atoms with E-state index in [4.69, 9.17) is 9.47 Å². The standard InChI is InChI=1S/C19H23NO4/c1-2-23-18(21)16-14-8-10-15(11-9-14)17(16)20-19(22)24-12-13-6-4-3-5-7-13/h3-8,10,14-17H,2,9,11-12H2,1H3,(H,20,22)/t14?,15?,16-,17-/m0/s1. The third-order valence-corrected chi connectivity index (χ3v) is 4.80. The number of ether oxygens (including phenoxy) is 2. The van der Waals surface area contributed by atoms with Gasteiger partial charge in [0.15, 0.2) is 0 Å². The second kappa shape index (κ2) is 7.51. The summed E-state index contributed by atoms with van der Waals surface area (Å²) in [6.07, 6.45) is 5.64. The lowest BCUT2D eigenvalue weighted by atomic mass is 9.66. The van der Waals surface area contributed by atoms with Crippen LogP contribution in [0.4, 0.5) is 4.79 Å². The highest BCUT2D eigenvalue weighted by Gasteiger charge is 2.46. The number of carbonyl (C=O) groups excluding carboxylic acids is 2. The van der Waals surface area contributed by atoms with Crippen LogP contribution in [0.15, 0.2) is 42.5 Å². The maximum absolute atomic E-state index is 12.3. The van der Waals surface area contributed by atoms with Gasteiger partial charge in [0.1, 0.15) is 6.61 Å². The fraction of sp³-hybridized carbons (Fsp3) is 0.474. The minimum atomic E-state index is -0.487. The van der Waals surface area contributed by atoms with Gasteiger partial charge in [0.2, 0.25) is 0 Å². The summed E-state index contributed by atoms with van der Waals surface area (Å²) in [4.78, 5) is 24.5. The lowest BCUT2D eigenvalue weighted by Gasteiger charge is -2.43. The molecule has 24 heavy (non-hydrogen) atoms. The van der Waals surface area contributed by atoms with Crippen LogP contribution in [-0.4, -0.2) is 24.7 Å². The summed E-state index contributed by atoms with van der Waals surface area (Å²) in [6.45, 7) is 2.36. The van der Waals surface area contributed by atoms with Crippen molar-refractivity contribution >= 4 is 12.1 Å². The molecule has 2 bridgehead atoms. The smallest absolute Gasteiger partial charge is 0.407 e. The molecule has 1 aromatic rings. The lowest BCUT2D eigenvalue weighted by Crippen LogP contribution is -2.54. The zero-order chi connectivity index (χ0) is 16.9. The van der Waals surface area contributed by atoms with Crippen LogP contribution >= 0.6 is 0 Å². The molecule has 1 fully saturated rings. The highest BCUT2D eigenvalue weighted by atomic mass is 16.5. The molecule has 1 saturated carbocycles. The molecule has 1 N–H and O–H groups in total. The average Bonchev–Trinajstić information content (AvgIpc) is 2.62. The van der Waals surface area contributed by atoms with Crippen LogP contribution in [0.25, 0.3) is 0 Å². The van der Waals surface area contributed by atoms with Crippen molar-refractivity contribution in [1.82, 2.24) is 5.32 Å². The summed E-state index contributed by atoms with van der Waals surface area (Å²) < 4.78 is 10.5. The second-order valence-corrected chi connectivity index (χ2v) is 6.30. The first-order chi connectivity index (χ1) is 11.7. The summed E-state index contributed by atoms with van der Waals surface area (Å²) in [5, 5.41) is 2.90. The van der Waals surface area contributed by atoms with E-state index < -0.39 is 6.09 Å². The summed E-state index contributed by atoms with van der Waals surface area (Å²) >= 11 is 0. The lowest BCUT2D eigenvalue weighted by molar-refractivity contribution is -0.152. The molecule has 0 aromatic heterocycles. The third-order valence-electron chi connectivity index (χ3n) is 4.80. The number of amides is 1. The fourth-order valence-electron chi connectivity index (χ4n) is 3.65. The van der Waals surface area contributed by atoms with Gasteiger partial charge in [-0.05, 0) is 37.2 Å². The van der Waals surface area contributed by atoms with Crippen LogP contribution in [-0.2, 0) is 20.9 Å². The number of benzene rings is 1. The van der Waals surface area contributed by atoms with Crippen LogP contribution in [0, 0.1) is 17.8 Å². The number of allylic oxidation sites excluding steroid dienone is 1. The topological polar surface area (TPSA) is 64.6 Å². The molecule has 3 aliphatic carbocycles. The van der Waals surface area contributed by atoms with Crippen molar-refractivity contribution in [3.8, 4) is 0 Å². The van der Waals surface area contributed by atoms with Crippen LogP contribution in [0.2, 0.25) is 0 Å². The molecule has 0 saturated heterocycles. The summed E-state index contributed by atoms with van der Waals surface area (Å²) in [5.41, 5.74) is 0.930. The number of fused-ring (bicyclic) bond motifs is 2. The second-order valence-electron chi connectivity index (χ2n) is 6.30. The minimum absolute atomic E-state index is 0.133. The van der Waals surface area contributed by atoms with Crippen molar-refractivity contribution in [3.05, 3.63) is 48.0 Å². The molecule has 0 radical (unpaired) electrons. The predicted molar refractivity (Wildman–Crippen MR) is 89.0 cm³/mol. The van der Waals surface area contributed by atoms with E-state index in [1.807, 2.05) is 30.3 Å². The molecule has 1 amide bonds. The Kier molecular flexibility index (Phi) is 5.18. The first kappa shape index (κ1) is 16.6. The number of hydrogen-bond acceptors (Lipinski definition) is 4. The summed E-state index contributed by atoms with van der Waals surface area (Å²) in [6, 6.07) is 9.27. The number of rotatable bonds is 5. The molecular weight excluding hydrogens is 306 g/mol. The van der Waals surface area contributed by atoms with Crippen molar-refractivity contribution in [2.75, 3.05) is 6.61 Å². The molecule has 0 heterocycles. The molecule has 0 aliphatic heterocycles. The van der Waals surface area contributed by atoms with Crippen LogP contribution < -0.4 is 5.32 Å². The van der Waals surface area contributed by atoms with Crippen LogP contribution in [0.3, 0.4) is 0 Å². The zero-order valence-electron chi connectivity index (χ0n) is 13.8. The van der Waals surface area contributed by atoms with E-state index in [0.717, 1.165) is 18.4 Å². The molecule has 4 rings (SSSR count). The zero-order valence-corrected chi connectivity index (χ0v) is 13.8. The van der Waals surface area contributed by atoms with E-state index in [2.05, 4.69) is 17.5 Å². The number of nitrogens with one attached hydrogen (secondary N) is 1. The van der Waals surface area contributed by atoms with Gasteiger partial charge in [-0.15, -0.1) is 0 Å². The Bertz CT molecular complexity index is 613. The van der Waals surface area contributed by atoms with Crippen molar-refractivity contribution in [2.45, 2.75) is 32.4 Å². The first-order valence-corrected chi connectivity index (χ1v) is 8.51. The Labute approximate surface area is 142 Å². The van der Waals surface area contributed by atoms with E-state index >= 15 is 0 Å². The Balaban J connectivity index is 1.62. The van der Waals surface area contributed by atoms with Gasteiger partial charge in [-0.1, -0.05) is 42.5 Å². The van der Waals surface area contributed by atoms with E-state index in [-0.39, 0.29) is 36.4 Å². The molecule has 0 spiro atoms. The van der Waals surface area contributed by atoms with Crippen molar-refractivity contribution in [1.29, 1.82) is 0 Å². The number of esters is 1. The molecule has 4 atom stereocenters. The van der Waals surface area contributed by atoms with Crippen LogP contribution in [0.5, 0.6) is 0 Å². The minimum Gasteiger partial charge on any atom is -0.466 e. The van der Waals surface area contributed by atoms with Crippen molar-refractivity contribution in [3.63, 3.8) is 0 Å². The van der Waals surface area contributed by atoms with Gasteiger partial charge in [-0.2, -0.15) is 0 Å². The largest absolute Gasteiger partial charge is 0.466 e. The van der Waals surface area contributed by atoms with Gasteiger partial charge in [-0.3, -0.25) is 4.79 Å². The molecule has 5 nitrogen and oxygen atoms in total. The molecule has 3 aliphatic rings. The molecular formula is C19H23NO4. The van der Waals surface area contributed by atoms with E-state index in [1.54, 1.807) is 6.92 Å². The molecule has 5 heteroatoms.